The lowest BCUT2D eigenvalue weighted by Crippen LogP contribution is -2.51. The number of methoxy groups -OCH3 is 1. The molecule has 0 radical (unpaired) electrons. The third-order valence-corrected chi connectivity index (χ3v) is 3.04. The van der Waals surface area contributed by atoms with Crippen LogP contribution in [0.2, 0.25) is 0 Å². The van der Waals surface area contributed by atoms with Crippen molar-refractivity contribution in [2.75, 3.05) is 33.4 Å². The van der Waals surface area contributed by atoms with Crippen molar-refractivity contribution in [1.29, 1.82) is 0 Å². The molecule has 1 aromatic rings. The molecule has 0 unspecified atom stereocenters. The van der Waals surface area contributed by atoms with Gasteiger partial charge in [-0.05, 0) is 12.1 Å². The standard InChI is InChI=1S/C13H17NO4/c1-17-11-4-2-3-5-12(11)18-7-6-14-8-10(9-14)13(15)16/h2-5,10H,6-9H2,1H3,(H,15,16). The fraction of sp³-hybridized carbons (Fsp3) is 0.462. The second-order valence-electron chi connectivity index (χ2n) is 4.29. The van der Waals surface area contributed by atoms with Gasteiger partial charge in [0, 0.05) is 19.6 Å². The van der Waals surface area contributed by atoms with Crippen molar-refractivity contribution < 1.29 is 19.4 Å². The summed E-state index contributed by atoms with van der Waals surface area (Å²) >= 11 is 0. The summed E-state index contributed by atoms with van der Waals surface area (Å²) in [6, 6.07) is 7.48. The molecular weight excluding hydrogens is 234 g/mol. The van der Waals surface area contributed by atoms with Gasteiger partial charge in [-0.1, -0.05) is 12.1 Å². The Morgan fingerprint density at radius 2 is 2.06 bits per heavy atom. The van der Waals surface area contributed by atoms with Crippen molar-refractivity contribution in [2.24, 2.45) is 5.92 Å². The molecule has 18 heavy (non-hydrogen) atoms. The molecule has 1 heterocycles. The van der Waals surface area contributed by atoms with Crippen LogP contribution in [0.4, 0.5) is 0 Å². The predicted octanol–water partition coefficient (Wildman–Crippen LogP) is 1.09. The molecule has 0 saturated carbocycles. The van der Waals surface area contributed by atoms with Crippen molar-refractivity contribution in [3.63, 3.8) is 0 Å². The number of carboxylic acids is 1. The predicted molar refractivity (Wildman–Crippen MR) is 66.1 cm³/mol. The van der Waals surface area contributed by atoms with Crippen molar-refractivity contribution in [3.8, 4) is 11.5 Å². The smallest absolute Gasteiger partial charge is 0.309 e. The lowest BCUT2D eigenvalue weighted by Gasteiger charge is -2.36. The minimum Gasteiger partial charge on any atom is -0.493 e. The van der Waals surface area contributed by atoms with E-state index in [0.29, 0.717) is 25.4 Å². The van der Waals surface area contributed by atoms with Crippen LogP contribution in [0.5, 0.6) is 11.5 Å². The number of hydrogen-bond donors (Lipinski definition) is 1. The average Bonchev–Trinajstić information content (AvgIpc) is 2.32. The Kier molecular flexibility index (Phi) is 4.04. The van der Waals surface area contributed by atoms with E-state index in [1.165, 1.54) is 0 Å². The molecule has 1 aromatic carbocycles. The van der Waals surface area contributed by atoms with Crippen LogP contribution < -0.4 is 9.47 Å². The van der Waals surface area contributed by atoms with E-state index >= 15 is 0 Å². The number of aliphatic carboxylic acids is 1. The van der Waals surface area contributed by atoms with Crippen LogP contribution in [0.1, 0.15) is 0 Å². The molecule has 0 aliphatic carbocycles. The maximum atomic E-state index is 10.6. The van der Waals surface area contributed by atoms with Crippen molar-refractivity contribution >= 4 is 5.97 Å². The Hall–Kier alpha value is -1.75. The largest absolute Gasteiger partial charge is 0.493 e. The third kappa shape index (κ3) is 2.92. The molecule has 98 valence electrons. The molecule has 1 saturated heterocycles. The molecule has 1 N–H and O–H groups in total. The zero-order chi connectivity index (χ0) is 13.0. The van der Waals surface area contributed by atoms with E-state index in [2.05, 4.69) is 4.90 Å². The second-order valence-corrected chi connectivity index (χ2v) is 4.29. The Labute approximate surface area is 106 Å². The minimum atomic E-state index is -0.711. The van der Waals surface area contributed by atoms with Gasteiger partial charge < -0.3 is 14.6 Å². The van der Waals surface area contributed by atoms with E-state index in [1.54, 1.807) is 7.11 Å². The molecule has 0 amide bonds. The first-order chi connectivity index (χ1) is 8.70. The monoisotopic (exact) mass is 251 g/mol. The van der Waals surface area contributed by atoms with E-state index in [4.69, 9.17) is 14.6 Å². The van der Waals surface area contributed by atoms with Crippen LogP contribution >= 0.6 is 0 Å². The number of hydrogen-bond acceptors (Lipinski definition) is 4. The summed E-state index contributed by atoms with van der Waals surface area (Å²) in [5, 5.41) is 8.75. The number of para-hydroxylation sites is 2. The summed E-state index contributed by atoms with van der Waals surface area (Å²) in [6.45, 7) is 2.50. The highest BCUT2D eigenvalue weighted by atomic mass is 16.5. The summed E-state index contributed by atoms with van der Waals surface area (Å²) < 4.78 is 10.8. The molecule has 1 aliphatic heterocycles. The number of rotatable bonds is 6. The van der Waals surface area contributed by atoms with E-state index in [-0.39, 0.29) is 5.92 Å². The summed E-state index contributed by atoms with van der Waals surface area (Å²) in [5.74, 6) is 0.507. The molecule has 0 aromatic heterocycles. The van der Waals surface area contributed by atoms with Crippen molar-refractivity contribution in [2.45, 2.75) is 0 Å². The van der Waals surface area contributed by atoms with Gasteiger partial charge >= 0.3 is 5.97 Å². The van der Waals surface area contributed by atoms with Gasteiger partial charge in [-0.3, -0.25) is 9.69 Å². The number of benzene rings is 1. The van der Waals surface area contributed by atoms with Gasteiger partial charge in [-0.15, -0.1) is 0 Å². The second kappa shape index (κ2) is 5.73. The lowest BCUT2D eigenvalue weighted by atomic mass is 10.0. The summed E-state index contributed by atoms with van der Waals surface area (Å²) in [7, 11) is 1.61. The van der Waals surface area contributed by atoms with E-state index in [0.717, 1.165) is 12.3 Å². The van der Waals surface area contributed by atoms with E-state index in [1.807, 2.05) is 24.3 Å². The number of ether oxygens (including phenoxy) is 2. The van der Waals surface area contributed by atoms with Gasteiger partial charge in [0.1, 0.15) is 6.61 Å². The number of nitrogens with zero attached hydrogens (tertiary/aromatic N) is 1. The van der Waals surface area contributed by atoms with Gasteiger partial charge in [0.25, 0.3) is 0 Å². The molecule has 0 atom stereocenters. The maximum Gasteiger partial charge on any atom is 0.309 e. The van der Waals surface area contributed by atoms with E-state index < -0.39 is 5.97 Å². The third-order valence-electron chi connectivity index (χ3n) is 3.04. The summed E-state index contributed by atoms with van der Waals surface area (Å²) in [5.41, 5.74) is 0. The SMILES string of the molecule is COc1ccccc1OCCN1CC(C(=O)O)C1. The molecule has 0 bridgehead atoms. The molecule has 0 spiro atoms. The highest BCUT2D eigenvalue weighted by Gasteiger charge is 2.31. The number of likely N-dealkylation sites (tertiary alicyclic amines) is 1. The van der Waals surface area contributed by atoms with Crippen LogP contribution in [-0.2, 0) is 4.79 Å². The fourth-order valence-corrected chi connectivity index (χ4v) is 1.93. The quantitative estimate of drug-likeness (QED) is 0.820. The molecule has 1 aliphatic rings. The van der Waals surface area contributed by atoms with Crippen LogP contribution in [0, 0.1) is 5.92 Å². The van der Waals surface area contributed by atoms with Gasteiger partial charge in [0.05, 0.1) is 13.0 Å². The topological polar surface area (TPSA) is 59.0 Å². The van der Waals surface area contributed by atoms with Gasteiger partial charge in [0.2, 0.25) is 0 Å². The highest BCUT2D eigenvalue weighted by molar-refractivity contribution is 5.71. The Morgan fingerprint density at radius 3 is 2.67 bits per heavy atom. The first kappa shape index (κ1) is 12.7. The van der Waals surface area contributed by atoms with Gasteiger partial charge in [-0.2, -0.15) is 0 Å². The first-order valence-corrected chi connectivity index (χ1v) is 5.91. The summed E-state index contributed by atoms with van der Waals surface area (Å²) in [4.78, 5) is 12.7. The van der Waals surface area contributed by atoms with E-state index in [9.17, 15) is 4.79 Å². The maximum absolute atomic E-state index is 10.6. The van der Waals surface area contributed by atoms with Crippen molar-refractivity contribution in [3.05, 3.63) is 24.3 Å². The van der Waals surface area contributed by atoms with Gasteiger partial charge in [-0.25, -0.2) is 0 Å². The fourth-order valence-electron chi connectivity index (χ4n) is 1.93. The molecular formula is C13H17NO4. The molecule has 1 fully saturated rings. The average molecular weight is 251 g/mol. The number of carboxylic acid groups (broad SMARTS) is 1. The van der Waals surface area contributed by atoms with Gasteiger partial charge in [0.15, 0.2) is 11.5 Å². The molecule has 5 nitrogen and oxygen atoms in total. The Morgan fingerprint density at radius 1 is 1.39 bits per heavy atom. The van der Waals surface area contributed by atoms with Crippen LogP contribution in [0.15, 0.2) is 24.3 Å². The minimum absolute atomic E-state index is 0.212. The lowest BCUT2D eigenvalue weighted by molar-refractivity contribution is -0.147. The Bertz CT molecular complexity index is 415. The zero-order valence-corrected chi connectivity index (χ0v) is 10.3. The van der Waals surface area contributed by atoms with Crippen LogP contribution in [0.3, 0.4) is 0 Å². The van der Waals surface area contributed by atoms with Crippen LogP contribution in [-0.4, -0.2) is 49.3 Å². The Balaban J connectivity index is 1.71. The summed E-state index contributed by atoms with van der Waals surface area (Å²) in [6.07, 6.45) is 0. The first-order valence-electron chi connectivity index (χ1n) is 5.91. The molecule has 5 heteroatoms. The number of carbonyl (C=O) groups is 1. The van der Waals surface area contributed by atoms with Crippen molar-refractivity contribution in [1.82, 2.24) is 4.90 Å². The molecule has 2 rings (SSSR count). The zero-order valence-electron chi connectivity index (χ0n) is 10.3. The highest BCUT2D eigenvalue weighted by Crippen LogP contribution is 2.25. The normalized spacial score (nSPS) is 16.1. The van der Waals surface area contributed by atoms with Crippen LogP contribution in [0.25, 0.3) is 0 Å².